The van der Waals surface area contributed by atoms with Gasteiger partial charge >= 0.3 is 11.9 Å². The molecule has 0 radical (unpaired) electrons. The van der Waals surface area contributed by atoms with Crippen molar-refractivity contribution in [1.82, 2.24) is 9.88 Å². The predicted molar refractivity (Wildman–Crippen MR) is 118 cm³/mol. The Bertz CT molecular complexity index is 1000. The standard InChI is InChI=1S/C22H24N2O.C2H2O4/c1-3-9-18(10-4-1)22-20-12-6-5-11-19(20)17-21(23-22)25-16-15-24-13-7-2-8-14-24;3-1(4)2(5)6/h1,3-6,9-12,17H,2,7-8,13-16H2;(H,3,4)(H,5,6). The van der Waals surface area contributed by atoms with Gasteiger partial charge in [0.2, 0.25) is 5.88 Å². The number of carbonyl (C=O) groups is 2. The maximum Gasteiger partial charge on any atom is 0.414 e. The van der Waals surface area contributed by atoms with Gasteiger partial charge in [-0.25, -0.2) is 14.6 Å². The fourth-order valence-corrected chi connectivity index (χ4v) is 3.53. The predicted octanol–water partition coefficient (Wildman–Crippen LogP) is 3.92. The summed E-state index contributed by atoms with van der Waals surface area (Å²) in [6.07, 6.45) is 3.99. The minimum absolute atomic E-state index is 0.694. The Labute approximate surface area is 180 Å². The smallest absolute Gasteiger partial charge is 0.414 e. The molecule has 0 amide bonds. The van der Waals surface area contributed by atoms with Crippen molar-refractivity contribution in [2.24, 2.45) is 0 Å². The molecule has 0 bridgehead atoms. The molecular formula is C24H26N2O5. The monoisotopic (exact) mass is 422 g/mol. The van der Waals surface area contributed by atoms with Gasteiger partial charge in [0.15, 0.2) is 0 Å². The van der Waals surface area contributed by atoms with Crippen LogP contribution >= 0.6 is 0 Å². The number of carboxylic acids is 2. The van der Waals surface area contributed by atoms with Gasteiger partial charge in [0.1, 0.15) is 6.61 Å². The third-order valence-electron chi connectivity index (χ3n) is 5.05. The molecule has 0 aliphatic carbocycles. The lowest BCUT2D eigenvalue weighted by molar-refractivity contribution is -0.159. The second kappa shape index (κ2) is 11.1. The van der Waals surface area contributed by atoms with Gasteiger partial charge in [-0.3, -0.25) is 4.90 Å². The molecule has 4 rings (SSSR count). The van der Waals surface area contributed by atoms with Crippen LogP contribution in [-0.2, 0) is 9.59 Å². The van der Waals surface area contributed by atoms with Crippen molar-refractivity contribution in [2.45, 2.75) is 19.3 Å². The average Bonchev–Trinajstić information content (AvgIpc) is 2.80. The minimum Gasteiger partial charge on any atom is -0.476 e. The first kappa shape index (κ1) is 22.2. The number of likely N-dealkylation sites (tertiary alicyclic amines) is 1. The van der Waals surface area contributed by atoms with E-state index >= 15 is 0 Å². The van der Waals surface area contributed by atoms with Gasteiger partial charge in [-0.15, -0.1) is 0 Å². The molecule has 0 spiro atoms. The van der Waals surface area contributed by atoms with Crippen molar-refractivity contribution in [3.05, 3.63) is 60.7 Å². The van der Waals surface area contributed by atoms with Crippen molar-refractivity contribution >= 4 is 22.7 Å². The second-order valence-corrected chi connectivity index (χ2v) is 7.26. The molecule has 1 aliphatic heterocycles. The van der Waals surface area contributed by atoms with Crippen LogP contribution in [0.2, 0.25) is 0 Å². The maximum atomic E-state index is 9.10. The maximum absolute atomic E-state index is 9.10. The van der Waals surface area contributed by atoms with E-state index in [1.807, 2.05) is 6.07 Å². The fraction of sp³-hybridized carbons (Fsp3) is 0.292. The third kappa shape index (κ3) is 6.52. The number of ether oxygens (including phenoxy) is 1. The Balaban J connectivity index is 0.000000401. The zero-order chi connectivity index (χ0) is 22.1. The molecule has 162 valence electrons. The highest BCUT2D eigenvalue weighted by molar-refractivity contribution is 6.27. The molecule has 1 fully saturated rings. The molecule has 0 atom stereocenters. The van der Waals surface area contributed by atoms with Gasteiger partial charge in [-0.2, -0.15) is 0 Å². The lowest BCUT2D eigenvalue weighted by Crippen LogP contribution is -2.33. The molecule has 2 heterocycles. The van der Waals surface area contributed by atoms with Crippen LogP contribution in [0.25, 0.3) is 22.0 Å². The fourth-order valence-electron chi connectivity index (χ4n) is 3.53. The lowest BCUT2D eigenvalue weighted by Gasteiger charge is -2.26. The molecular weight excluding hydrogens is 396 g/mol. The van der Waals surface area contributed by atoms with Crippen LogP contribution in [-0.4, -0.2) is 58.3 Å². The van der Waals surface area contributed by atoms with Crippen LogP contribution in [0.3, 0.4) is 0 Å². The lowest BCUT2D eigenvalue weighted by atomic mass is 10.0. The van der Waals surface area contributed by atoms with E-state index in [2.05, 4.69) is 59.5 Å². The van der Waals surface area contributed by atoms with Crippen LogP contribution < -0.4 is 4.74 Å². The van der Waals surface area contributed by atoms with Gasteiger partial charge in [0.25, 0.3) is 0 Å². The second-order valence-electron chi connectivity index (χ2n) is 7.26. The SMILES string of the molecule is O=C(O)C(=O)O.c1ccc(-c2nc(OCCN3CCCCC3)cc3ccccc23)cc1. The molecule has 1 saturated heterocycles. The first-order valence-corrected chi connectivity index (χ1v) is 10.3. The number of fused-ring (bicyclic) bond motifs is 1. The van der Waals surface area contributed by atoms with E-state index in [1.165, 1.54) is 37.7 Å². The molecule has 1 aliphatic rings. The van der Waals surface area contributed by atoms with Crippen LogP contribution in [0.5, 0.6) is 5.88 Å². The Kier molecular flexibility index (Phi) is 7.95. The summed E-state index contributed by atoms with van der Waals surface area (Å²) in [6.45, 7) is 4.07. The van der Waals surface area contributed by atoms with Crippen molar-refractivity contribution < 1.29 is 24.5 Å². The van der Waals surface area contributed by atoms with E-state index in [-0.39, 0.29) is 0 Å². The van der Waals surface area contributed by atoms with Gasteiger partial charge in [0, 0.05) is 23.6 Å². The highest BCUT2D eigenvalue weighted by Gasteiger charge is 2.11. The summed E-state index contributed by atoms with van der Waals surface area (Å²) in [5.41, 5.74) is 2.12. The van der Waals surface area contributed by atoms with E-state index in [0.29, 0.717) is 6.61 Å². The number of aliphatic carboxylic acids is 2. The third-order valence-corrected chi connectivity index (χ3v) is 5.05. The van der Waals surface area contributed by atoms with E-state index in [0.717, 1.165) is 29.1 Å². The molecule has 7 heteroatoms. The normalized spacial score (nSPS) is 13.8. The van der Waals surface area contributed by atoms with Crippen LogP contribution in [0.1, 0.15) is 19.3 Å². The summed E-state index contributed by atoms with van der Waals surface area (Å²) in [7, 11) is 0. The summed E-state index contributed by atoms with van der Waals surface area (Å²) in [5, 5.41) is 17.1. The van der Waals surface area contributed by atoms with Crippen LogP contribution in [0.4, 0.5) is 0 Å². The first-order valence-electron chi connectivity index (χ1n) is 10.3. The summed E-state index contributed by atoms with van der Waals surface area (Å²) in [4.78, 5) is 25.5. The van der Waals surface area contributed by atoms with E-state index < -0.39 is 11.9 Å². The Morgan fingerprint density at radius 2 is 1.55 bits per heavy atom. The number of piperidine rings is 1. The zero-order valence-electron chi connectivity index (χ0n) is 17.2. The largest absolute Gasteiger partial charge is 0.476 e. The molecule has 3 aromatic rings. The van der Waals surface area contributed by atoms with E-state index in [1.54, 1.807) is 0 Å². The van der Waals surface area contributed by atoms with Crippen molar-refractivity contribution in [3.63, 3.8) is 0 Å². The molecule has 0 saturated carbocycles. The van der Waals surface area contributed by atoms with Crippen molar-refractivity contribution in [3.8, 4) is 17.1 Å². The van der Waals surface area contributed by atoms with Crippen LogP contribution in [0, 0.1) is 0 Å². The first-order chi connectivity index (χ1) is 15.0. The molecule has 2 aromatic carbocycles. The topological polar surface area (TPSA) is 100.0 Å². The van der Waals surface area contributed by atoms with Crippen molar-refractivity contribution in [1.29, 1.82) is 0 Å². The number of aromatic nitrogens is 1. The summed E-state index contributed by atoms with van der Waals surface area (Å²) >= 11 is 0. The quantitative estimate of drug-likeness (QED) is 0.601. The summed E-state index contributed by atoms with van der Waals surface area (Å²) in [5.74, 6) is -2.93. The molecule has 1 aromatic heterocycles. The highest BCUT2D eigenvalue weighted by Crippen LogP contribution is 2.29. The number of pyridine rings is 1. The number of hydrogen-bond donors (Lipinski definition) is 2. The zero-order valence-corrected chi connectivity index (χ0v) is 17.2. The van der Waals surface area contributed by atoms with Gasteiger partial charge in [-0.1, -0.05) is 61.0 Å². The van der Waals surface area contributed by atoms with Gasteiger partial charge in [0.05, 0.1) is 5.69 Å². The Hall–Kier alpha value is -3.45. The average molecular weight is 422 g/mol. The number of hydrogen-bond acceptors (Lipinski definition) is 5. The Morgan fingerprint density at radius 1 is 0.903 bits per heavy atom. The van der Waals surface area contributed by atoms with E-state index in [4.69, 9.17) is 29.5 Å². The molecule has 2 N–H and O–H groups in total. The summed E-state index contributed by atoms with van der Waals surface area (Å²) < 4.78 is 6.03. The van der Waals surface area contributed by atoms with Gasteiger partial charge in [-0.05, 0) is 31.3 Å². The Morgan fingerprint density at radius 3 is 2.23 bits per heavy atom. The minimum atomic E-state index is -1.82. The molecule has 0 unspecified atom stereocenters. The molecule has 7 nitrogen and oxygen atoms in total. The number of rotatable bonds is 5. The number of nitrogens with zero attached hydrogens (tertiary/aromatic N) is 2. The number of carboxylic acid groups (broad SMARTS) is 2. The summed E-state index contributed by atoms with van der Waals surface area (Å²) in [6, 6.07) is 20.8. The molecule has 31 heavy (non-hydrogen) atoms. The highest BCUT2D eigenvalue weighted by atomic mass is 16.5. The van der Waals surface area contributed by atoms with Gasteiger partial charge < -0.3 is 14.9 Å². The van der Waals surface area contributed by atoms with E-state index in [9.17, 15) is 0 Å². The number of benzene rings is 2. The van der Waals surface area contributed by atoms with Crippen LogP contribution in [0.15, 0.2) is 60.7 Å². The van der Waals surface area contributed by atoms with Crippen molar-refractivity contribution in [2.75, 3.05) is 26.2 Å².